The number of carbonyl (C=O) groups is 1. The minimum atomic E-state index is -0.0732. The second-order valence-electron chi connectivity index (χ2n) is 5.36. The van der Waals surface area contributed by atoms with E-state index in [9.17, 15) is 4.79 Å². The summed E-state index contributed by atoms with van der Waals surface area (Å²) in [6.07, 6.45) is 1.10. The first-order chi connectivity index (χ1) is 7.97. The van der Waals surface area contributed by atoms with Crippen molar-refractivity contribution in [1.82, 2.24) is 25.4 Å². The highest BCUT2D eigenvalue weighted by molar-refractivity contribution is 5.74. The van der Waals surface area contributed by atoms with Crippen LogP contribution in [0.3, 0.4) is 0 Å². The Balaban J connectivity index is 1.86. The third-order valence-corrected chi connectivity index (χ3v) is 2.75. The van der Waals surface area contributed by atoms with Gasteiger partial charge in [0.2, 0.25) is 0 Å². The number of amides is 2. The van der Waals surface area contributed by atoms with Gasteiger partial charge in [0.1, 0.15) is 5.82 Å². The maximum Gasteiger partial charge on any atom is 0.317 e. The molecule has 0 spiro atoms. The maximum absolute atomic E-state index is 11.6. The van der Waals surface area contributed by atoms with E-state index in [1.807, 2.05) is 0 Å². The molecule has 0 bridgehead atoms. The summed E-state index contributed by atoms with van der Waals surface area (Å²) in [4.78, 5) is 17.7. The summed E-state index contributed by atoms with van der Waals surface area (Å²) in [6.45, 7) is 8.28. The number of urea groups is 1. The van der Waals surface area contributed by atoms with E-state index in [1.165, 1.54) is 0 Å². The van der Waals surface area contributed by atoms with E-state index >= 15 is 0 Å². The Hall–Kier alpha value is -1.59. The topological polar surface area (TPSA) is 73.9 Å². The van der Waals surface area contributed by atoms with Gasteiger partial charge in [0, 0.05) is 18.5 Å². The number of nitrogens with one attached hydrogen (secondary N) is 2. The van der Waals surface area contributed by atoms with Gasteiger partial charge in [0.05, 0.1) is 6.54 Å². The molecule has 2 heterocycles. The number of carbonyl (C=O) groups excluding carboxylic acids is 1. The summed E-state index contributed by atoms with van der Waals surface area (Å²) in [6, 6.07) is -0.0232. The molecule has 6 heteroatoms. The molecule has 1 saturated heterocycles. The van der Waals surface area contributed by atoms with E-state index < -0.39 is 0 Å². The smallest absolute Gasteiger partial charge is 0.317 e. The largest absolute Gasteiger partial charge is 0.331 e. The highest BCUT2D eigenvalue weighted by Gasteiger charge is 2.21. The summed E-state index contributed by atoms with van der Waals surface area (Å²) in [5.41, 5.74) is -0.0732. The molecule has 6 nitrogen and oxygen atoms in total. The van der Waals surface area contributed by atoms with Crippen molar-refractivity contribution in [3.63, 3.8) is 0 Å². The van der Waals surface area contributed by atoms with Gasteiger partial charge in [-0.1, -0.05) is 20.8 Å². The maximum atomic E-state index is 11.6. The first-order valence-electron chi connectivity index (χ1n) is 5.91. The van der Waals surface area contributed by atoms with Crippen LogP contribution in [0.15, 0.2) is 0 Å². The van der Waals surface area contributed by atoms with Crippen molar-refractivity contribution in [2.45, 2.75) is 39.2 Å². The van der Waals surface area contributed by atoms with Crippen LogP contribution in [0.25, 0.3) is 0 Å². The fourth-order valence-corrected chi connectivity index (χ4v) is 1.50. The number of rotatable bonds is 2. The van der Waals surface area contributed by atoms with Crippen molar-refractivity contribution in [3.8, 4) is 0 Å². The zero-order valence-electron chi connectivity index (χ0n) is 10.6. The van der Waals surface area contributed by atoms with Gasteiger partial charge in [0.15, 0.2) is 5.82 Å². The first kappa shape index (κ1) is 11.9. The Bertz CT molecular complexity index is 402. The molecule has 0 aliphatic carbocycles. The van der Waals surface area contributed by atoms with E-state index in [2.05, 4.69) is 41.3 Å². The van der Waals surface area contributed by atoms with Gasteiger partial charge in [-0.3, -0.25) is 5.10 Å². The standard InChI is InChI=1S/C11H19N5O/c1-11(2,3)9-13-8(14-15-9)7-12-10(17)16-5-4-6-16/h4-7H2,1-3H3,(H,12,17)(H,13,14,15). The van der Waals surface area contributed by atoms with E-state index in [0.717, 1.165) is 25.3 Å². The summed E-state index contributed by atoms with van der Waals surface area (Å²) in [5.74, 6) is 1.47. The Labute approximate surface area is 101 Å². The van der Waals surface area contributed by atoms with Crippen LogP contribution in [-0.2, 0) is 12.0 Å². The second-order valence-corrected chi connectivity index (χ2v) is 5.36. The van der Waals surface area contributed by atoms with Crippen LogP contribution < -0.4 is 5.32 Å². The number of aromatic amines is 1. The average Bonchev–Trinajstić information content (AvgIpc) is 2.59. The third-order valence-electron chi connectivity index (χ3n) is 2.75. The monoisotopic (exact) mass is 237 g/mol. The SMILES string of the molecule is CC(C)(C)c1n[nH]c(CNC(=O)N2CCC2)n1. The molecule has 1 aromatic heterocycles. The van der Waals surface area contributed by atoms with Gasteiger partial charge in [-0.25, -0.2) is 9.78 Å². The minimum Gasteiger partial charge on any atom is -0.331 e. The van der Waals surface area contributed by atoms with E-state index in [0.29, 0.717) is 12.4 Å². The van der Waals surface area contributed by atoms with E-state index in [1.54, 1.807) is 4.90 Å². The van der Waals surface area contributed by atoms with Gasteiger partial charge < -0.3 is 10.2 Å². The van der Waals surface area contributed by atoms with E-state index in [-0.39, 0.29) is 11.4 Å². The zero-order valence-corrected chi connectivity index (χ0v) is 10.6. The Morgan fingerprint density at radius 2 is 2.18 bits per heavy atom. The summed E-state index contributed by atoms with van der Waals surface area (Å²) in [5, 5.41) is 9.81. The van der Waals surface area contributed by atoms with Crippen molar-refractivity contribution in [1.29, 1.82) is 0 Å². The zero-order chi connectivity index (χ0) is 12.5. The quantitative estimate of drug-likeness (QED) is 0.806. The fraction of sp³-hybridized carbons (Fsp3) is 0.727. The number of aromatic nitrogens is 3. The Morgan fingerprint density at radius 3 is 2.65 bits per heavy atom. The lowest BCUT2D eigenvalue weighted by atomic mass is 9.96. The predicted octanol–water partition coefficient (Wildman–Crippen LogP) is 1.02. The van der Waals surface area contributed by atoms with Gasteiger partial charge in [0.25, 0.3) is 0 Å². The molecule has 2 amide bonds. The minimum absolute atomic E-state index is 0.0232. The molecule has 0 unspecified atom stereocenters. The molecule has 0 aromatic carbocycles. The summed E-state index contributed by atoms with van der Waals surface area (Å²) >= 11 is 0. The highest BCUT2D eigenvalue weighted by Crippen LogP contribution is 2.17. The molecule has 17 heavy (non-hydrogen) atoms. The molecule has 2 N–H and O–H groups in total. The Morgan fingerprint density at radius 1 is 1.47 bits per heavy atom. The third kappa shape index (κ3) is 2.75. The fourth-order valence-electron chi connectivity index (χ4n) is 1.50. The molecule has 1 aliphatic rings. The van der Waals surface area contributed by atoms with Crippen molar-refractivity contribution < 1.29 is 4.79 Å². The lowest BCUT2D eigenvalue weighted by Gasteiger charge is -2.30. The second kappa shape index (κ2) is 4.35. The number of H-pyrrole nitrogens is 1. The number of likely N-dealkylation sites (tertiary alicyclic amines) is 1. The molecule has 0 atom stereocenters. The molecular formula is C11H19N5O. The van der Waals surface area contributed by atoms with Crippen LogP contribution in [0.5, 0.6) is 0 Å². The predicted molar refractivity (Wildman–Crippen MR) is 63.5 cm³/mol. The van der Waals surface area contributed by atoms with Crippen LogP contribution in [0.1, 0.15) is 38.8 Å². The van der Waals surface area contributed by atoms with Gasteiger partial charge in [-0.05, 0) is 6.42 Å². The van der Waals surface area contributed by atoms with Gasteiger partial charge in [-0.15, -0.1) is 0 Å². The van der Waals surface area contributed by atoms with Crippen LogP contribution in [-0.4, -0.2) is 39.2 Å². The number of nitrogens with zero attached hydrogens (tertiary/aromatic N) is 3. The lowest BCUT2D eigenvalue weighted by Crippen LogP contribution is -2.47. The molecule has 0 radical (unpaired) electrons. The van der Waals surface area contributed by atoms with Crippen LogP contribution in [0, 0.1) is 0 Å². The highest BCUT2D eigenvalue weighted by atomic mass is 16.2. The van der Waals surface area contributed by atoms with Crippen molar-refractivity contribution in [3.05, 3.63) is 11.6 Å². The van der Waals surface area contributed by atoms with Crippen LogP contribution in [0.2, 0.25) is 0 Å². The van der Waals surface area contributed by atoms with Crippen LogP contribution >= 0.6 is 0 Å². The number of hydrogen-bond donors (Lipinski definition) is 2. The molecule has 94 valence electrons. The first-order valence-corrected chi connectivity index (χ1v) is 5.91. The van der Waals surface area contributed by atoms with Crippen molar-refractivity contribution >= 4 is 6.03 Å². The molecule has 1 fully saturated rings. The van der Waals surface area contributed by atoms with Gasteiger partial charge >= 0.3 is 6.03 Å². The summed E-state index contributed by atoms with van der Waals surface area (Å²) in [7, 11) is 0. The average molecular weight is 237 g/mol. The Kier molecular flexibility index (Phi) is 3.04. The lowest BCUT2D eigenvalue weighted by molar-refractivity contribution is 0.167. The van der Waals surface area contributed by atoms with Crippen molar-refractivity contribution in [2.24, 2.45) is 0 Å². The molecule has 1 aliphatic heterocycles. The summed E-state index contributed by atoms with van der Waals surface area (Å²) < 4.78 is 0. The van der Waals surface area contributed by atoms with Crippen molar-refractivity contribution in [2.75, 3.05) is 13.1 Å². The molecule has 0 saturated carbocycles. The van der Waals surface area contributed by atoms with Crippen LogP contribution in [0.4, 0.5) is 4.79 Å². The molecular weight excluding hydrogens is 218 g/mol. The normalized spacial score (nSPS) is 15.6. The number of hydrogen-bond acceptors (Lipinski definition) is 3. The molecule has 1 aromatic rings. The van der Waals surface area contributed by atoms with Gasteiger partial charge in [-0.2, -0.15) is 5.10 Å². The van der Waals surface area contributed by atoms with E-state index in [4.69, 9.17) is 0 Å². The molecule has 2 rings (SSSR count).